The van der Waals surface area contributed by atoms with Crippen molar-refractivity contribution in [3.8, 4) is 0 Å². The summed E-state index contributed by atoms with van der Waals surface area (Å²) >= 11 is 12.0. The van der Waals surface area contributed by atoms with Crippen LogP contribution < -0.4 is 10.0 Å². The Morgan fingerprint density at radius 3 is 2.19 bits per heavy atom. The van der Waals surface area contributed by atoms with Crippen LogP contribution in [-0.4, -0.2) is 50.2 Å². The Balaban J connectivity index is 1.81. The molecule has 2 N–H and O–H groups in total. The topological polar surface area (TPSA) is 78.5 Å². The second-order valence-corrected chi connectivity index (χ2v) is 13.3. The van der Waals surface area contributed by atoms with Gasteiger partial charge in [0.2, 0.25) is 15.9 Å². The van der Waals surface area contributed by atoms with E-state index in [-0.39, 0.29) is 17.4 Å². The molecule has 0 saturated carbocycles. The van der Waals surface area contributed by atoms with Crippen molar-refractivity contribution in [1.82, 2.24) is 14.9 Å². The van der Waals surface area contributed by atoms with Gasteiger partial charge in [0.25, 0.3) is 0 Å². The zero-order chi connectivity index (χ0) is 24.1. The number of sulfonamides is 1. The number of nitrogens with one attached hydrogen (secondary N) is 2. The van der Waals surface area contributed by atoms with Crippen LogP contribution in [0.4, 0.5) is 0 Å². The standard InChI is InChI=1S/C23H37Cl2N3O3S/c1-16(2)32(30,31)27-21(23(3,4)5)15-28-8-6-17(7-9-28)12-22(29)26-14-18-10-19(24)13-20(25)11-18/h10-11,13,16-17,21,27H,6-9,12,14-15H2,1-5H3,(H,26,29). The number of likely N-dealkylation sites (tertiary alicyclic amines) is 1. The first-order valence-corrected chi connectivity index (χ1v) is 13.5. The Morgan fingerprint density at radius 1 is 1.12 bits per heavy atom. The first kappa shape index (κ1) is 27.4. The van der Waals surface area contributed by atoms with Crippen molar-refractivity contribution in [3.63, 3.8) is 0 Å². The van der Waals surface area contributed by atoms with Gasteiger partial charge in [-0.1, -0.05) is 44.0 Å². The summed E-state index contributed by atoms with van der Waals surface area (Å²) in [4.78, 5) is 14.7. The van der Waals surface area contributed by atoms with Crippen LogP contribution in [0.3, 0.4) is 0 Å². The average Bonchev–Trinajstić information content (AvgIpc) is 2.65. The lowest BCUT2D eigenvalue weighted by atomic mass is 9.86. The highest BCUT2D eigenvalue weighted by Gasteiger charge is 2.33. The van der Waals surface area contributed by atoms with Crippen molar-refractivity contribution in [2.45, 2.75) is 71.7 Å². The number of halogens is 2. The van der Waals surface area contributed by atoms with Crippen LogP contribution in [0.5, 0.6) is 0 Å². The minimum absolute atomic E-state index is 0.0248. The molecule has 1 aliphatic rings. The van der Waals surface area contributed by atoms with E-state index in [4.69, 9.17) is 23.2 Å². The fraction of sp³-hybridized carbons (Fsp3) is 0.696. The molecule has 1 aliphatic heterocycles. The number of piperidine rings is 1. The van der Waals surface area contributed by atoms with Crippen molar-refractivity contribution in [1.29, 1.82) is 0 Å². The maximum atomic E-state index is 12.4. The van der Waals surface area contributed by atoms with E-state index in [1.807, 2.05) is 0 Å². The summed E-state index contributed by atoms with van der Waals surface area (Å²) in [6, 6.07) is 5.09. The van der Waals surface area contributed by atoms with Gasteiger partial charge in [0.05, 0.1) is 5.25 Å². The van der Waals surface area contributed by atoms with Gasteiger partial charge < -0.3 is 10.2 Å². The molecule has 9 heteroatoms. The van der Waals surface area contributed by atoms with Gasteiger partial charge in [0.15, 0.2) is 0 Å². The molecule has 0 aromatic heterocycles. The Kier molecular flexibility index (Phi) is 9.86. The van der Waals surface area contributed by atoms with Crippen LogP contribution in [0.2, 0.25) is 10.0 Å². The van der Waals surface area contributed by atoms with Gasteiger partial charge in [0, 0.05) is 35.6 Å². The first-order valence-electron chi connectivity index (χ1n) is 11.2. The minimum atomic E-state index is -3.34. The van der Waals surface area contributed by atoms with Crippen LogP contribution in [-0.2, 0) is 21.4 Å². The molecule has 2 rings (SSSR count). The third kappa shape index (κ3) is 8.82. The predicted molar refractivity (Wildman–Crippen MR) is 133 cm³/mol. The number of hydrogen-bond donors (Lipinski definition) is 2. The largest absolute Gasteiger partial charge is 0.352 e. The van der Waals surface area contributed by atoms with Gasteiger partial charge in [-0.2, -0.15) is 0 Å². The van der Waals surface area contributed by atoms with E-state index in [0.717, 1.165) is 31.5 Å². The SMILES string of the molecule is CC(C)S(=O)(=O)NC(CN1CCC(CC(=O)NCc2cc(Cl)cc(Cl)c2)CC1)C(C)(C)C. The van der Waals surface area contributed by atoms with Gasteiger partial charge in [0.1, 0.15) is 0 Å². The summed E-state index contributed by atoms with van der Waals surface area (Å²) in [5.74, 6) is 0.353. The summed E-state index contributed by atoms with van der Waals surface area (Å²) in [6.07, 6.45) is 2.33. The Bertz CT molecular complexity index is 857. The van der Waals surface area contributed by atoms with Crippen molar-refractivity contribution in [2.24, 2.45) is 11.3 Å². The van der Waals surface area contributed by atoms with Gasteiger partial charge in [-0.05, 0) is 74.9 Å². The summed E-state index contributed by atoms with van der Waals surface area (Å²) in [5, 5.41) is 3.60. The van der Waals surface area contributed by atoms with Crippen LogP contribution in [0.1, 0.15) is 59.4 Å². The zero-order valence-electron chi connectivity index (χ0n) is 19.7. The highest BCUT2D eigenvalue weighted by atomic mass is 35.5. The molecule has 1 aromatic rings. The summed E-state index contributed by atoms with van der Waals surface area (Å²) < 4.78 is 27.7. The molecule has 1 saturated heterocycles. The lowest BCUT2D eigenvalue weighted by Crippen LogP contribution is -2.53. The smallest absolute Gasteiger partial charge is 0.220 e. The molecule has 0 radical (unpaired) electrons. The number of nitrogens with zero attached hydrogens (tertiary/aromatic N) is 1. The van der Waals surface area contributed by atoms with E-state index < -0.39 is 15.3 Å². The molecule has 32 heavy (non-hydrogen) atoms. The molecule has 1 amide bonds. The fourth-order valence-corrected chi connectivity index (χ4v) is 5.37. The normalized spacial score (nSPS) is 17.5. The van der Waals surface area contributed by atoms with Crippen molar-refractivity contribution in [2.75, 3.05) is 19.6 Å². The minimum Gasteiger partial charge on any atom is -0.352 e. The quantitative estimate of drug-likeness (QED) is 0.519. The third-order valence-corrected chi connectivity index (χ3v) is 8.30. The maximum absolute atomic E-state index is 12.4. The summed E-state index contributed by atoms with van der Waals surface area (Å²) in [5.41, 5.74) is 0.685. The van der Waals surface area contributed by atoms with Crippen molar-refractivity contribution in [3.05, 3.63) is 33.8 Å². The number of benzene rings is 1. The van der Waals surface area contributed by atoms with Gasteiger partial charge >= 0.3 is 0 Å². The van der Waals surface area contributed by atoms with Crippen molar-refractivity contribution >= 4 is 39.1 Å². The second kappa shape index (κ2) is 11.5. The third-order valence-electron chi connectivity index (χ3n) is 6.01. The van der Waals surface area contributed by atoms with Crippen LogP contribution in [0.15, 0.2) is 18.2 Å². The predicted octanol–water partition coefficient (Wildman–Crippen LogP) is 4.45. The molecule has 1 unspecified atom stereocenters. The maximum Gasteiger partial charge on any atom is 0.220 e. The Hall–Kier alpha value is -0.860. The highest BCUT2D eigenvalue weighted by molar-refractivity contribution is 7.90. The fourth-order valence-electron chi connectivity index (χ4n) is 3.70. The zero-order valence-corrected chi connectivity index (χ0v) is 22.1. The summed E-state index contributed by atoms with van der Waals surface area (Å²) in [6.45, 7) is 12.4. The van der Waals surface area contributed by atoms with Crippen LogP contribution in [0.25, 0.3) is 0 Å². The number of hydrogen-bond acceptors (Lipinski definition) is 4. The monoisotopic (exact) mass is 505 g/mol. The lowest BCUT2D eigenvalue weighted by Gasteiger charge is -2.39. The highest BCUT2D eigenvalue weighted by Crippen LogP contribution is 2.26. The van der Waals surface area contributed by atoms with Crippen LogP contribution >= 0.6 is 23.2 Å². The first-order chi connectivity index (χ1) is 14.8. The van der Waals surface area contributed by atoms with Crippen molar-refractivity contribution < 1.29 is 13.2 Å². The molecule has 1 heterocycles. The number of carbonyl (C=O) groups excluding carboxylic acids is 1. The average molecular weight is 507 g/mol. The molecule has 6 nitrogen and oxygen atoms in total. The summed E-state index contributed by atoms with van der Waals surface area (Å²) in [7, 11) is -3.34. The second-order valence-electron chi connectivity index (χ2n) is 10.1. The molecule has 0 spiro atoms. The molecule has 0 aliphatic carbocycles. The molecule has 1 fully saturated rings. The van der Waals surface area contributed by atoms with E-state index in [1.54, 1.807) is 32.0 Å². The van der Waals surface area contributed by atoms with E-state index in [1.165, 1.54) is 0 Å². The molecule has 1 atom stereocenters. The van der Waals surface area contributed by atoms with E-state index in [9.17, 15) is 13.2 Å². The molecule has 1 aromatic carbocycles. The van der Waals surface area contributed by atoms with Gasteiger partial charge in [-0.15, -0.1) is 0 Å². The van der Waals surface area contributed by atoms with E-state index >= 15 is 0 Å². The molecular formula is C23H37Cl2N3O3S. The number of carbonyl (C=O) groups is 1. The van der Waals surface area contributed by atoms with Crippen LogP contribution in [0, 0.1) is 11.3 Å². The van der Waals surface area contributed by atoms with Gasteiger partial charge in [-0.3, -0.25) is 4.79 Å². The van der Waals surface area contributed by atoms with Gasteiger partial charge in [-0.25, -0.2) is 13.1 Å². The van der Waals surface area contributed by atoms with E-state index in [2.05, 4.69) is 35.7 Å². The Labute approximate surface area is 203 Å². The molecule has 0 bridgehead atoms. The molecule has 182 valence electrons. The lowest BCUT2D eigenvalue weighted by molar-refractivity contribution is -0.122. The number of amides is 1. The number of rotatable bonds is 9. The Morgan fingerprint density at radius 2 is 1.69 bits per heavy atom. The van der Waals surface area contributed by atoms with E-state index in [0.29, 0.717) is 35.5 Å². The molecular weight excluding hydrogens is 469 g/mol.